The second-order valence-corrected chi connectivity index (χ2v) is 11.4. The van der Waals surface area contributed by atoms with E-state index in [0.717, 1.165) is 16.9 Å². The van der Waals surface area contributed by atoms with Gasteiger partial charge in [-0.1, -0.05) is 18.5 Å². The van der Waals surface area contributed by atoms with Gasteiger partial charge in [0.05, 0.1) is 18.6 Å². The van der Waals surface area contributed by atoms with Crippen molar-refractivity contribution in [3.05, 3.63) is 40.2 Å². The maximum Gasteiger partial charge on any atom is 0.252 e. The van der Waals surface area contributed by atoms with Crippen LogP contribution in [0.25, 0.3) is 0 Å². The van der Waals surface area contributed by atoms with E-state index in [-0.39, 0.29) is 22.0 Å². The summed E-state index contributed by atoms with van der Waals surface area (Å²) in [7, 11) is -0.356. The number of ether oxygens (including phenoxy) is 2. The van der Waals surface area contributed by atoms with E-state index in [0.29, 0.717) is 48.3 Å². The Morgan fingerprint density at radius 2 is 1.94 bits per heavy atom. The van der Waals surface area contributed by atoms with Crippen LogP contribution in [-0.2, 0) is 21.4 Å². The molecule has 1 fully saturated rings. The molecular weight excluding hydrogens is 460 g/mol. The number of nitrogens with zero attached hydrogens (tertiary/aromatic N) is 1. The Bertz CT molecular complexity index is 1020. The van der Waals surface area contributed by atoms with E-state index in [1.54, 1.807) is 32.4 Å². The maximum absolute atomic E-state index is 12.8. The van der Waals surface area contributed by atoms with Gasteiger partial charge >= 0.3 is 0 Å². The van der Waals surface area contributed by atoms with Gasteiger partial charge in [0.1, 0.15) is 15.7 Å². The zero-order valence-corrected chi connectivity index (χ0v) is 20.1. The van der Waals surface area contributed by atoms with Crippen molar-refractivity contribution in [3.63, 3.8) is 0 Å². The van der Waals surface area contributed by atoms with Crippen molar-refractivity contribution in [2.75, 3.05) is 27.3 Å². The molecule has 1 saturated heterocycles. The van der Waals surface area contributed by atoms with Gasteiger partial charge in [0, 0.05) is 31.1 Å². The quantitative estimate of drug-likeness (QED) is 0.614. The molecule has 0 spiro atoms. The molecule has 7 nitrogen and oxygen atoms in total. The fourth-order valence-electron chi connectivity index (χ4n) is 3.76. The second-order valence-electron chi connectivity index (χ2n) is 7.48. The molecule has 0 bridgehead atoms. The molecule has 170 valence electrons. The third kappa shape index (κ3) is 5.52. The highest BCUT2D eigenvalue weighted by atomic mass is 35.5. The molecule has 2 heterocycles. The summed E-state index contributed by atoms with van der Waals surface area (Å²) in [6.07, 6.45) is 1.27. The minimum absolute atomic E-state index is 0.0591. The molecule has 10 heteroatoms. The Morgan fingerprint density at radius 1 is 1.23 bits per heavy atom. The van der Waals surface area contributed by atoms with Crippen LogP contribution in [0.2, 0.25) is 4.34 Å². The highest BCUT2D eigenvalue weighted by Gasteiger charge is 2.34. The molecule has 1 aromatic heterocycles. The molecule has 1 amide bonds. The Labute approximate surface area is 192 Å². The molecule has 1 aromatic carbocycles. The minimum Gasteiger partial charge on any atom is -0.497 e. The molecule has 1 atom stereocenters. The Kier molecular flexibility index (Phi) is 7.85. The third-order valence-electron chi connectivity index (χ3n) is 5.70. The van der Waals surface area contributed by atoms with Crippen LogP contribution in [0.5, 0.6) is 11.5 Å². The summed E-state index contributed by atoms with van der Waals surface area (Å²) in [5.74, 6) is 1.21. The number of sulfonamides is 1. The number of hydrogen-bond donors (Lipinski definition) is 1. The first-order valence-corrected chi connectivity index (χ1v) is 12.6. The minimum atomic E-state index is -3.53. The van der Waals surface area contributed by atoms with Crippen molar-refractivity contribution in [3.8, 4) is 11.5 Å². The third-order valence-corrected chi connectivity index (χ3v) is 9.30. The van der Waals surface area contributed by atoms with E-state index in [2.05, 4.69) is 5.32 Å². The summed E-state index contributed by atoms with van der Waals surface area (Å²) >= 11 is 6.95. The number of piperidine rings is 1. The normalized spacial score (nSPS) is 16.6. The predicted molar refractivity (Wildman–Crippen MR) is 121 cm³/mol. The molecule has 3 rings (SSSR count). The van der Waals surface area contributed by atoms with Gasteiger partial charge in [-0.05, 0) is 49.1 Å². The van der Waals surface area contributed by atoms with E-state index in [1.807, 2.05) is 13.0 Å². The summed E-state index contributed by atoms with van der Waals surface area (Å²) in [4.78, 5) is 12.7. The number of benzene rings is 1. The fraction of sp³-hybridized carbons (Fsp3) is 0.476. The number of thiophene rings is 1. The molecule has 1 unspecified atom stereocenters. The zero-order valence-electron chi connectivity index (χ0n) is 17.8. The maximum atomic E-state index is 12.8. The molecule has 0 saturated carbocycles. The van der Waals surface area contributed by atoms with Crippen molar-refractivity contribution in [1.82, 2.24) is 9.62 Å². The number of halogens is 1. The lowest BCUT2D eigenvalue weighted by Crippen LogP contribution is -2.42. The predicted octanol–water partition coefficient (Wildman–Crippen LogP) is 3.77. The monoisotopic (exact) mass is 486 g/mol. The molecule has 31 heavy (non-hydrogen) atoms. The number of carbonyl (C=O) groups excluding carboxylic acids is 1. The standard InChI is InChI=1S/C21H27ClN2O5S2/c1-14(21(25)23-13-16-12-17(28-2)4-5-18(16)29-3)15-8-10-24(11-9-15)31(26,27)20-7-6-19(22)30-20/h4-7,12,14-15H,8-11,13H2,1-3H3,(H,23,25). The molecular formula is C21H27ClN2O5S2. The Balaban J connectivity index is 1.56. The van der Waals surface area contributed by atoms with Gasteiger partial charge in [-0.2, -0.15) is 4.31 Å². The first-order valence-electron chi connectivity index (χ1n) is 10.0. The average molecular weight is 487 g/mol. The lowest BCUT2D eigenvalue weighted by molar-refractivity contribution is -0.126. The van der Waals surface area contributed by atoms with Crippen LogP contribution in [0.4, 0.5) is 0 Å². The molecule has 1 N–H and O–H groups in total. The molecule has 1 aliphatic rings. The van der Waals surface area contributed by atoms with Gasteiger partial charge in [-0.15, -0.1) is 11.3 Å². The second kappa shape index (κ2) is 10.2. The van der Waals surface area contributed by atoms with Gasteiger partial charge < -0.3 is 14.8 Å². The van der Waals surface area contributed by atoms with Crippen molar-refractivity contribution in [2.24, 2.45) is 11.8 Å². The largest absolute Gasteiger partial charge is 0.497 e. The fourth-order valence-corrected chi connectivity index (χ4v) is 6.86. The van der Waals surface area contributed by atoms with Crippen LogP contribution in [0.1, 0.15) is 25.3 Å². The van der Waals surface area contributed by atoms with Gasteiger partial charge in [-0.3, -0.25) is 4.79 Å². The van der Waals surface area contributed by atoms with Crippen LogP contribution in [0.15, 0.2) is 34.5 Å². The van der Waals surface area contributed by atoms with E-state index in [9.17, 15) is 13.2 Å². The van der Waals surface area contributed by atoms with Crippen LogP contribution < -0.4 is 14.8 Å². The molecule has 0 radical (unpaired) electrons. The Morgan fingerprint density at radius 3 is 2.52 bits per heavy atom. The van der Waals surface area contributed by atoms with Crippen molar-refractivity contribution in [1.29, 1.82) is 0 Å². The summed E-state index contributed by atoms with van der Waals surface area (Å²) in [5.41, 5.74) is 0.831. The summed E-state index contributed by atoms with van der Waals surface area (Å²) in [6.45, 7) is 3.01. The van der Waals surface area contributed by atoms with E-state index >= 15 is 0 Å². The van der Waals surface area contributed by atoms with E-state index < -0.39 is 10.0 Å². The molecule has 2 aromatic rings. The number of rotatable bonds is 8. The van der Waals surface area contributed by atoms with Gasteiger partial charge in [0.25, 0.3) is 10.0 Å². The number of carbonyl (C=O) groups is 1. The summed E-state index contributed by atoms with van der Waals surface area (Å²) in [6, 6.07) is 8.58. The number of methoxy groups -OCH3 is 2. The molecule has 0 aliphatic carbocycles. The van der Waals surface area contributed by atoms with Crippen LogP contribution >= 0.6 is 22.9 Å². The van der Waals surface area contributed by atoms with Gasteiger partial charge in [-0.25, -0.2) is 8.42 Å². The summed E-state index contributed by atoms with van der Waals surface area (Å²) in [5, 5.41) is 2.97. The lowest BCUT2D eigenvalue weighted by Gasteiger charge is -2.33. The first-order chi connectivity index (χ1) is 14.8. The smallest absolute Gasteiger partial charge is 0.252 e. The van der Waals surface area contributed by atoms with Crippen molar-refractivity contribution in [2.45, 2.75) is 30.5 Å². The number of amides is 1. The number of nitrogens with one attached hydrogen (secondary N) is 1. The SMILES string of the molecule is COc1ccc(OC)c(CNC(=O)C(C)C2CCN(S(=O)(=O)c3ccc(Cl)s3)CC2)c1. The molecule has 1 aliphatic heterocycles. The van der Waals surface area contributed by atoms with Gasteiger partial charge in [0.2, 0.25) is 5.91 Å². The van der Waals surface area contributed by atoms with Crippen LogP contribution in [0.3, 0.4) is 0 Å². The highest BCUT2D eigenvalue weighted by molar-refractivity contribution is 7.91. The zero-order chi connectivity index (χ0) is 22.6. The topological polar surface area (TPSA) is 84.9 Å². The summed E-state index contributed by atoms with van der Waals surface area (Å²) < 4.78 is 38.3. The van der Waals surface area contributed by atoms with Crippen LogP contribution in [-0.4, -0.2) is 45.9 Å². The van der Waals surface area contributed by atoms with E-state index in [1.165, 1.54) is 10.4 Å². The van der Waals surface area contributed by atoms with Crippen molar-refractivity contribution < 1.29 is 22.7 Å². The van der Waals surface area contributed by atoms with E-state index in [4.69, 9.17) is 21.1 Å². The first kappa shape index (κ1) is 23.8. The highest BCUT2D eigenvalue weighted by Crippen LogP contribution is 2.32. The van der Waals surface area contributed by atoms with Crippen LogP contribution in [0, 0.1) is 11.8 Å². The van der Waals surface area contributed by atoms with Crippen molar-refractivity contribution >= 4 is 38.9 Å². The Hall–Kier alpha value is -1.81. The number of hydrogen-bond acceptors (Lipinski definition) is 6. The van der Waals surface area contributed by atoms with Gasteiger partial charge in [0.15, 0.2) is 0 Å². The lowest BCUT2D eigenvalue weighted by atomic mass is 9.85. The average Bonchev–Trinajstić information content (AvgIpc) is 3.24.